The number of nitrogens with one attached hydrogen (secondary N) is 1. The summed E-state index contributed by atoms with van der Waals surface area (Å²) in [6, 6.07) is 49.1. The molecule has 0 amide bonds. The van der Waals surface area contributed by atoms with E-state index in [-0.39, 0.29) is 10.8 Å². The van der Waals surface area contributed by atoms with E-state index in [0.29, 0.717) is 11.6 Å². The molecule has 8 aromatic rings. The largest absolute Gasteiger partial charge is 0.439 e. The summed E-state index contributed by atoms with van der Waals surface area (Å²) in [6.07, 6.45) is 1.75. The monoisotopic (exact) mass is 677 g/mol. The van der Waals surface area contributed by atoms with E-state index in [4.69, 9.17) is 9.72 Å². The summed E-state index contributed by atoms with van der Waals surface area (Å²) in [7, 11) is 0. The van der Waals surface area contributed by atoms with Gasteiger partial charge in [0, 0.05) is 39.7 Å². The summed E-state index contributed by atoms with van der Waals surface area (Å²) in [5.74, 6) is 1.24. The maximum Gasteiger partial charge on any atom is 0.219 e. The fourth-order valence-corrected chi connectivity index (χ4v) is 6.86. The quantitative estimate of drug-likeness (QED) is 0.191. The number of hydrogen-bond donors (Lipinski definition) is 1. The molecule has 0 radical (unpaired) electrons. The molecule has 0 unspecified atom stereocenters. The van der Waals surface area contributed by atoms with Gasteiger partial charge in [-0.15, -0.1) is 0 Å². The van der Waals surface area contributed by atoms with E-state index < -0.39 is 0 Å². The van der Waals surface area contributed by atoms with Gasteiger partial charge < -0.3 is 9.72 Å². The lowest BCUT2D eigenvalue weighted by Gasteiger charge is -2.26. The third kappa shape index (κ3) is 6.60. The minimum atomic E-state index is -0.0214. The van der Waals surface area contributed by atoms with Crippen LogP contribution < -0.4 is 4.74 Å². The fourth-order valence-electron chi connectivity index (χ4n) is 6.86. The number of para-hydroxylation sites is 2. The highest BCUT2D eigenvalue weighted by atomic mass is 16.5. The van der Waals surface area contributed by atoms with Crippen LogP contribution in [0.4, 0.5) is 0 Å². The Morgan fingerprint density at radius 3 is 1.87 bits per heavy atom. The van der Waals surface area contributed by atoms with E-state index in [1.54, 1.807) is 6.20 Å². The van der Waals surface area contributed by atoms with Crippen LogP contribution in [0.2, 0.25) is 0 Å². The van der Waals surface area contributed by atoms with Crippen LogP contribution in [0, 0.1) is 0 Å². The summed E-state index contributed by atoms with van der Waals surface area (Å²) >= 11 is 0. The number of fused-ring (bicyclic) bond motifs is 3. The number of hydrogen-bond acceptors (Lipinski definition) is 3. The molecule has 0 bridgehead atoms. The zero-order valence-electron chi connectivity index (χ0n) is 30.7. The molecule has 0 fully saturated rings. The van der Waals surface area contributed by atoms with E-state index in [0.717, 1.165) is 50.2 Å². The second-order valence-electron chi connectivity index (χ2n) is 15.7. The first-order chi connectivity index (χ1) is 25.0. The zero-order chi connectivity index (χ0) is 36.0. The Morgan fingerprint density at radius 1 is 0.500 bits per heavy atom. The van der Waals surface area contributed by atoms with Gasteiger partial charge >= 0.3 is 0 Å². The number of aromatic amines is 1. The number of pyridine rings is 2. The number of rotatable bonds is 6. The number of aromatic nitrogens is 3. The lowest BCUT2D eigenvalue weighted by molar-refractivity contribution is 0.463. The predicted octanol–water partition coefficient (Wildman–Crippen LogP) is 13.2. The van der Waals surface area contributed by atoms with E-state index in [2.05, 4.69) is 167 Å². The van der Waals surface area contributed by atoms with Gasteiger partial charge in [-0.2, -0.15) is 0 Å². The van der Waals surface area contributed by atoms with Crippen LogP contribution in [-0.2, 0) is 10.8 Å². The van der Waals surface area contributed by atoms with Crippen LogP contribution in [0.3, 0.4) is 0 Å². The Labute approximate surface area is 306 Å². The van der Waals surface area contributed by atoms with Gasteiger partial charge in [0.1, 0.15) is 5.75 Å². The lowest BCUT2D eigenvalue weighted by Crippen LogP contribution is -2.16. The second kappa shape index (κ2) is 13.0. The second-order valence-corrected chi connectivity index (χ2v) is 15.7. The molecular formula is C48H43N3O. The predicted molar refractivity (Wildman–Crippen MR) is 217 cm³/mol. The molecule has 0 aliphatic carbocycles. The molecule has 52 heavy (non-hydrogen) atoms. The van der Waals surface area contributed by atoms with Crippen molar-refractivity contribution in [3.05, 3.63) is 157 Å². The molecule has 256 valence electrons. The molecule has 0 aliphatic rings. The summed E-state index contributed by atoms with van der Waals surface area (Å²) in [6.45, 7) is 13.7. The first-order valence-corrected chi connectivity index (χ1v) is 18.0. The molecule has 3 heterocycles. The molecule has 0 spiro atoms. The van der Waals surface area contributed by atoms with Gasteiger partial charge in [0.2, 0.25) is 5.88 Å². The molecule has 0 atom stereocenters. The van der Waals surface area contributed by atoms with Gasteiger partial charge in [-0.3, -0.25) is 0 Å². The van der Waals surface area contributed by atoms with Gasteiger partial charge in [0.05, 0.1) is 16.9 Å². The summed E-state index contributed by atoms with van der Waals surface area (Å²) in [5.41, 5.74) is 13.0. The average Bonchev–Trinajstić information content (AvgIpc) is 3.53. The molecule has 1 N–H and O–H groups in total. The first-order valence-electron chi connectivity index (χ1n) is 18.0. The third-order valence-electron chi connectivity index (χ3n) is 9.81. The Hall–Kier alpha value is -6.00. The molecule has 0 saturated carbocycles. The minimum Gasteiger partial charge on any atom is -0.439 e. The van der Waals surface area contributed by atoms with E-state index in [1.165, 1.54) is 27.5 Å². The first kappa shape index (κ1) is 33.2. The molecule has 4 heteroatoms. The van der Waals surface area contributed by atoms with Gasteiger partial charge in [0.25, 0.3) is 0 Å². The topological polar surface area (TPSA) is 50.8 Å². The van der Waals surface area contributed by atoms with Crippen molar-refractivity contribution in [1.29, 1.82) is 0 Å². The van der Waals surface area contributed by atoms with Crippen molar-refractivity contribution in [3.8, 4) is 56.4 Å². The van der Waals surface area contributed by atoms with E-state index >= 15 is 0 Å². The summed E-state index contributed by atoms with van der Waals surface area (Å²) in [5, 5.41) is 2.39. The van der Waals surface area contributed by atoms with Crippen LogP contribution in [0.15, 0.2) is 146 Å². The number of ether oxygens (including phenoxy) is 1. The Bertz CT molecular complexity index is 2520. The van der Waals surface area contributed by atoms with E-state index in [9.17, 15) is 0 Å². The number of benzene rings is 5. The molecule has 0 saturated heterocycles. The van der Waals surface area contributed by atoms with Crippen LogP contribution in [0.1, 0.15) is 52.7 Å². The lowest BCUT2D eigenvalue weighted by atomic mass is 9.79. The highest BCUT2D eigenvalue weighted by Crippen LogP contribution is 2.40. The molecule has 0 aliphatic heterocycles. The van der Waals surface area contributed by atoms with Crippen LogP contribution in [-0.4, -0.2) is 15.0 Å². The SMILES string of the molecule is CC(C)(C)c1cc(-c2cc(-c3cc(Oc4ccccn4)cc(-c4ccccc4)c3)nc(-c3cccc4c3[nH]c3ccccc34)c2)cc(C(C)(C)C)c1. The molecule has 8 rings (SSSR count). The van der Waals surface area contributed by atoms with Gasteiger partial charge in [-0.05, 0) is 86.7 Å². The standard InChI is InChI=1S/C48H43N3O/c1-47(2,3)36-24-33(25-37(30-36)48(4,5)6)34-28-43(50-44(29-34)41-19-14-18-40-39-17-10-11-20-42(39)51-46(40)41)35-23-32(31-15-8-7-9-16-31)26-38(27-35)52-45-21-12-13-22-49-45/h7-30,51H,1-6H3. The smallest absolute Gasteiger partial charge is 0.219 e. The molecule has 3 aromatic heterocycles. The van der Waals surface area contributed by atoms with Crippen LogP contribution in [0.25, 0.3) is 66.6 Å². The van der Waals surface area contributed by atoms with Crippen molar-refractivity contribution in [2.24, 2.45) is 0 Å². The van der Waals surface area contributed by atoms with Crippen molar-refractivity contribution < 1.29 is 4.74 Å². The Balaban J connectivity index is 1.39. The van der Waals surface area contributed by atoms with Crippen molar-refractivity contribution in [2.75, 3.05) is 0 Å². The zero-order valence-corrected chi connectivity index (χ0v) is 30.7. The third-order valence-corrected chi connectivity index (χ3v) is 9.81. The van der Waals surface area contributed by atoms with Gasteiger partial charge in [-0.1, -0.05) is 133 Å². The number of nitrogens with zero attached hydrogens (tertiary/aromatic N) is 2. The van der Waals surface area contributed by atoms with E-state index in [1.807, 2.05) is 24.3 Å². The Morgan fingerprint density at radius 2 is 1.13 bits per heavy atom. The highest BCUT2D eigenvalue weighted by Gasteiger charge is 2.22. The maximum absolute atomic E-state index is 6.39. The summed E-state index contributed by atoms with van der Waals surface area (Å²) in [4.78, 5) is 13.6. The normalized spacial score (nSPS) is 12.0. The molecule has 5 aromatic carbocycles. The van der Waals surface area contributed by atoms with Crippen molar-refractivity contribution in [1.82, 2.24) is 15.0 Å². The summed E-state index contributed by atoms with van der Waals surface area (Å²) < 4.78 is 6.39. The highest BCUT2D eigenvalue weighted by molar-refractivity contribution is 6.11. The Kier molecular flexibility index (Phi) is 8.26. The van der Waals surface area contributed by atoms with Crippen LogP contribution in [0.5, 0.6) is 11.6 Å². The maximum atomic E-state index is 6.39. The van der Waals surface area contributed by atoms with Gasteiger partial charge in [0.15, 0.2) is 0 Å². The minimum absolute atomic E-state index is 0.0214. The molecular weight excluding hydrogens is 635 g/mol. The average molecular weight is 678 g/mol. The van der Waals surface area contributed by atoms with Crippen molar-refractivity contribution in [2.45, 2.75) is 52.4 Å². The van der Waals surface area contributed by atoms with Gasteiger partial charge in [-0.25, -0.2) is 9.97 Å². The van der Waals surface area contributed by atoms with Crippen molar-refractivity contribution >= 4 is 21.8 Å². The van der Waals surface area contributed by atoms with Crippen LogP contribution >= 0.6 is 0 Å². The van der Waals surface area contributed by atoms with Crippen molar-refractivity contribution in [3.63, 3.8) is 0 Å². The fraction of sp³-hybridized carbons (Fsp3) is 0.167. The number of H-pyrrole nitrogens is 1. The molecule has 4 nitrogen and oxygen atoms in total.